The van der Waals surface area contributed by atoms with Gasteiger partial charge in [-0.05, 0) is 23.3 Å². The predicted molar refractivity (Wildman–Crippen MR) is 111 cm³/mol. The topological polar surface area (TPSA) is 80.5 Å². The van der Waals surface area contributed by atoms with Crippen molar-refractivity contribution in [3.8, 4) is 0 Å². The fraction of sp³-hybridized carbons (Fsp3) is 0. The Labute approximate surface area is 162 Å². The Morgan fingerprint density at radius 2 is 1.07 bits per heavy atom. The number of anilines is 2. The number of urea groups is 1. The first-order chi connectivity index (χ1) is 13.6. The smallest absolute Gasteiger partial charge is 0.323 e. The van der Waals surface area contributed by atoms with Gasteiger partial charge in [-0.1, -0.05) is 72.8 Å². The second kappa shape index (κ2) is 8.60. The number of rotatable bonds is 2. The molecule has 28 heavy (non-hydrogen) atoms. The fourth-order valence-electron chi connectivity index (χ4n) is 2.86. The Balaban J connectivity index is 0.000000192. The van der Waals surface area contributed by atoms with Crippen molar-refractivity contribution < 1.29 is 14.4 Å². The molecule has 0 saturated carbocycles. The van der Waals surface area contributed by atoms with Crippen molar-refractivity contribution in [1.29, 1.82) is 0 Å². The van der Waals surface area contributed by atoms with Crippen LogP contribution in [0.3, 0.4) is 0 Å². The maximum atomic E-state index is 11.8. The van der Waals surface area contributed by atoms with Gasteiger partial charge in [-0.2, -0.15) is 0 Å². The summed E-state index contributed by atoms with van der Waals surface area (Å²) in [4.78, 5) is 33.5. The summed E-state index contributed by atoms with van der Waals surface area (Å²) >= 11 is 0. The molecule has 0 unspecified atom stereocenters. The van der Waals surface area contributed by atoms with Crippen LogP contribution in [0.4, 0.5) is 16.2 Å². The molecule has 3 aromatic carbocycles. The van der Waals surface area contributed by atoms with Gasteiger partial charge in [0.2, 0.25) is 0 Å². The quantitative estimate of drug-likeness (QED) is 0.664. The molecule has 0 saturated heterocycles. The van der Waals surface area contributed by atoms with Crippen molar-refractivity contribution in [1.82, 2.24) is 0 Å². The lowest BCUT2D eigenvalue weighted by atomic mass is 10.1. The maximum absolute atomic E-state index is 11.8. The van der Waals surface area contributed by atoms with Crippen LogP contribution in [0.15, 0.2) is 72.8 Å². The minimum absolute atomic E-state index is 0.474. The maximum Gasteiger partial charge on any atom is 0.323 e. The molecule has 2 N–H and O–H groups in total. The first-order valence-corrected chi connectivity index (χ1v) is 8.60. The van der Waals surface area contributed by atoms with Crippen molar-refractivity contribution >= 4 is 42.1 Å². The molecular formula is C23H18N2O3. The number of benzene rings is 3. The molecular weight excluding hydrogens is 352 g/mol. The van der Waals surface area contributed by atoms with E-state index in [0.29, 0.717) is 11.1 Å². The van der Waals surface area contributed by atoms with E-state index in [1.807, 2.05) is 60.7 Å². The van der Waals surface area contributed by atoms with Gasteiger partial charge < -0.3 is 5.73 Å². The van der Waals surface area contributed by atoms with Crippen LogP contribution in [-0.2, 0) is 0 Å². The lowest BCUT2D eigenvalue weighted by Gasteiger charge is -2.22. The Bertz CT molecular complexity index is 963. The predicted octanol–water partition coefficient (Wildman–Crippen LogP) is 4.70. The molecule has 0 radical (unpaired) electrons. The first kappa shape index (κ1) is 18.8. The van der Waals surface area contributed by atoms with Crippen molar-refractivity contribution in [2.24, 2.45) is 5.73 Å². The summed E-state index contributed by atoms with van der Waals surface area (Å²) in [5.41, 5.74) is 10.3. The molecule has 0 aromatic heterocycles. The van der Waals surface area contributed by atoms with Gasteiger partial charge >= 0.3 is 6.03 Å². The Morgan fingerprint density at radius 1 is 0.679 bits per heavy atom. The van der Waals surface area contributed by atoms with Crippen molar-refractivity contribution in [3.63, 3.8) is 0 Å². The third-order valence-corrected chi connectivity index (χ3v) is 4.23. The highest BCUT2D eigenvalue weighted by atomic mass is 16.2. The van der Waals surface area contributed by atoms with E-state index in [4.69, 9.17) is 5.73 Å². The molecule has 2 amide bonds. The van der Waals surface area contributed by atoms with Gasteiger partial charge in [0.05, 0.1) is 11.4 Å². The SMILES string of the molecule is NC(=O)N1c2ccccc2C=Cc2ccccc21.O=Cc1ccc(C=O)cc1. The van der Waals surface area contributed by atoms with Gasteiger partial charge in [-0.25, -0.2) is 4.79 Å². The van der Waals surface area contributed by atoms with Crippen molar-refractivity contribution in [2.75, 3.05) is 4.90 Å². The number of aldehydes is 2. The van der Waals surface area contributed by atoms with Gasteiger partial charge in [0, 0.05) is 11.1 Å². The number of nitrogens with two attached hydrogens (primary N) is 1. The molecule has 5 nitrogen and oxygen atoms in total. The zero-order valence-electron chi connectivity index (χ0n) is 15.0. The molecule has 0 spiro atoms. The number of carbonyl (C=O) groups excluding carboxylic acids is 3. The summed E-state index contributed by atoms with van der Waals surface area (Å²) in [5.74, 6) is 0. The summed E-state index contributed by atoms with van der Waals surface area (Å²) in [7, 11) is 0. The third kappa shape index (κ3) is 4.04. The van der Waals surface area contributed by atoms with E-state index >= 15 is 0 Å². The number of carbonyl (C=O) groups is 3. The highest BCUT2D eigenvalue weighted by molar-refractivity contribution is 6.04. The van der Waals surface area contributed by atoms with Crippen LogP contribution in [0, 0.1) is 0 Å². The highest BCUT2D eigenvalue weighted by Gasteiger charge is 2.21. The van der Waals surface area contributed by atoms with Gasteiger partial charge in [-0.15, -0.1) is 0 Å². The first-order valence-electron chi connectivity index (χ1n) is 8.60. The number of hydrogen-bond donors (Lipinski definition) is 1. The fourth-order valence-corrected chi connectivity index (χ4v) is 2.86. The van der Waals surface area contributed by atoms with E-state index in [9.17, 15) is 14.4 Å². The van der Waals surface area contributed by atoms with E-state index in [2.05, 4.69) is 0 Å². The Kier molecular flexibility index (Phi) is 5.77. The van der Waals surface area contributed by atoms with Crippen LogP contribution in [0.1, 0.15) is 31.8 Å². The van der Waals surface area contributed by atoms with Crippen molar-refractivity contribution in [3.05, 3.63) is 95.1 Å². The monoisotopic (exact) mass is 370 g/mol. The van der Waals surface area contributed by atoms with Crippen LogP contribution < -0.4 is 10.6 Å². The number of primary amides is 1. The number of hydrogen-bond acceptors (Lipinski definition) is 3. The van der Waals surface area contributed by atoms with Crippen LogP contribution in [-0.4, -0.2) is 18.6 Å². The van der Waals surface area contributed by atoms with E-state index < -0.39 is 6.03 Å². The van der Waals surface area contributed by atoms with Crippen LogP contribution in [0.2, 0.25) is 0 Å². The van der Waals surface area contributed by atoms with Gasteiger partial charge in [0.1, 0.15) is 12.6 Å². The number of nitrogens with zero attached hydrogens (tertiary/aromatic N) is 1. The average molecular weight is 370 g/mol. The van der Waals surface area contributed by atoms with Crippen LogP contribution in [0.25, 0.3) is 12.2 Å². The molecule has 3 aromatic rings. The standard InChI is InChI=1S/C15H12N2O.C8H6O2/c16-15(18)17-13-7-3-1-5-11(13)9-10-12-6-2-4-8-14(12)17;9-5-7-1-2-8(6-10)4-3-7/h1-10H,(H2,16,18);1-6H. The summed E-state index contributed by atoms with van der Waals surface area (Å²) in [5, 5.41) is 0. The third-order valence-electron chi connectivity index (χ3n) is 4.23. The van der Waals surface area contributed by atoms with E-state index in [1.54, 1.807) is 29.2 Å². The molecule has 0 aliphatic carbocycles. The van der Waals surface area contributed by atoms with Gasteiger partial charge in [-0.3, -0.25) is 14.5 Å². The molecule has 5 heteroatoms. The number of para-hydroxylation sites is 2. The highest BCUT2D eigenvalue weighted by Crippen LogP contribution is 2.35. The molecule has 4 rings (SSSR count). The van der Waals surface area contributed by atoms with Gasteiger partial charge in [0.15, 0.2) is 0 Å². The zero-order chi connectivity index (χ0) is 19.9. The minimum Gasteiger partial charge on any atom is -0.351 e. The minimum atomic E-state index is -0.474. The lowest BCUT2D eigenvalue weighted by molar-refractivity contribution is 0.111. The molecule has 1 aliphatic heterocycles. The number of fused-ring (bicyclic) bond motifs is 2. The second-order valence-corrected chi connectivity index (χ2v) is 6.03. The molecule has 138 valence electrons. The summed E-state index contributed by atoms with van der Waals surface area (Å²) in [6.45, 7) is 0. The molecule has 0 fully saturated rings. The van der Waals surface area contributed by atoms with Crippen LogP contribution in [0.5, 0.6) is 0 Å². The molecule has 0 bridgehead atoms. The van der Waals surface area contributed by atoms with E-state index in [0.717, 1.165) is 35.1 Å². The average Bonchev–Trinajstić information content (AvgIpc) is 2.91. The van der Waals surface area contributed by atoms with E-state index in [1.165, 1.54) is 0 Å². The molecule has 0 atom stereocenters. The van der Waals surface area contributed by atoms with Gasteiger partial charge in [0.25, 0.3) is 0 Å². The second-order valence-electron chi connectivity index (χ2n) is 6.03. The Morgan fingerprint density at radius 3 is 1.43 bits per heavy atom. The summed E-state index contributed by atoms with van der Waals surface area (Å²) in [6.07, 6.45) is 5.48. The molecule has 1 heterocycles. The lowest BCUT2D eigenvalue weighted by Crippen LogP contribution is -2.32. The Hall–Kier alpha value is -3.99. The molecule has 1 aliphatic rings. The largest absolute Gasteiger partial charge is 0.351 e. The summed E-state index contributed by atoms with van der Waals surface area (Å²) in [6, 6.07) is 21.4. The number of amides is 2. The zero-order valence-corrected chi connectivity index (χ0v) is 15.0. The summed E-state index contributed by atoms with van der Waals surface area (Å²) < 4.78 is 0. The van der Waals surface area contributed by atoms with Crippen LogP contribution >= 0.6 is 0 Å². The van der Waals surface area contributed by atoms with E-state index in [-0.39, 0.29) is 0 Å². The normalized spacial score (nSPS) is 11.2. The van der Waals surface area contributed by atoms with Crippen molar-refractivity contribution in [2.45, 2.75) is 0 Å².